The Kier molecular flexibility index (Phi) is 13.6. The highest BCUT2D eigenvalue weighted by Crippen LogP contribution is 2.21. The highest BCUT2D eigenvalue weighted by Gasteiger charge is 2.35. The monoisotopic (exact) mass is 464 g/mol. The van der Waals surface area contributed by atoms with E-state index in [9.17, 15) is 22.6 Å². The van der Waals surface area contributed by atoms with Crippen LogP contribution in [-0.2, 0) is 29.2 Å². The zero-order valence-corrected chi connectivity index (χ0v) is 21.4. The van der Waals surface area contributed by atoms with Crippen LogP contribution in [0.25, 0.3) is 0 Å². The van der Waals surface area contributed by atoms with Crippen molar-refractivity contribution in [2.24, 2.45) is 23.7 Å². The molecule has 0 amide bonds. The number of hydrogen-bond acceptors (Lipinski definition) is 6. The molecule has 0 aromatic carbocycles. The molecule has 1 unspecified atom stereocenters. The predicted molar refractivity (Wildman–Crippen MR) is 122 cm³/mol. The molecule has 184 valence electrons. The maximum atomic E-state index is 12.6. The van der Waals surface area contributed by atoms with Crippen molar-refractivity contribution in [3.05, 3.63) is 0 Å². The van der Waals surface area contributed by atoms with Crippen molar-refractivity contribution in [3.8, 4) is 0 Å². The third-order valence-corrected chi connectivity index (χ3v) is 5.90. The van der Waals surface area contributed by atoms with E-state index in [1.54, 1.807) is 0 Å². The van der Waals surface area contributed by atoms with Gasteiger partial charge in [0.25, 0.3) is 10.1 Å². The summed E-state index contributed by atoms with van der Waals surface area (Å²) in [4.78, 5) is 24.9. The Hall–Kier alpha value is -1.15. The van der Waals surface area contributed by atoms with Crippen LogP contribution in [0.5, 0.6) is 0 Å². The smallest absolute Gasteiger partial charge is 0.327 e. The van der Waals surface area contributed by atoms with E-state index >= 15 is 0 Å². The molecule has 0 aliphatic carbocycles. The predicted octanol–water partition coefficient (Wildman–Crippen LogP) is 5.03. The van der Waals surface area contributed by atoms with Crippen LogP contribution in [0.4, 0.5) is 0 Å². The largest absolute Gasteiger partial charge is 0.462 e. The number of carbonyl (C=O) groups excluding carboxylic acids is 2. The van der Waals surface area contributed by atoms with Gasteiger partial charge in [-0.05, 0) is 55.8 Å². The minimum Gasteiger partial charge on any atom is -0.462 e. The van der Waals surface area contributed by atoms with Crippen LogP contribution in [0, 0.1) is 23.7 Å². The normalized spacial score (nSPS) is 13.6. The molecule has 0 saturated carbocycles. The van der Waals surface area contributed by atoms with E-state index < -0.39 is 33.4 Å². The van der Waals surface area contributed by atoms with Crippen molar-refractivity contribution >= 4 is 22.1 Å². The summed E-state index contributed by atoms with van der Waals surface area (Å²) in [5, 5.41) is -1.80. The minimum absolute atomic E-state index is 0.259. The molecular formula is C23H44O7S. The Morgan fingerprint density at radius 2 is 1.06 bits per heavy atom. The lowest BCUT2D eigenvalue weighted by atomic mass is 9.98. The van der Waals surface area contributed by atoms with Crippen molar-refractivity contribution in [2.75, 3.05) is 0 Å². The van der Waals surface area contributed by atoms with Crippen molar-refractivity contribution in [1.29, 1.82) is 0 Å². The van der Waals surface area contributed by atoms with Gasteiger partial charge < -0.3 is 9.47 Å². The maximum absolute atomic E-state index is 12.6. The van der Waals surface area contributed by atoms with E-state index in [4.69, 9.17) is 9.47 Å². The molecule has 0 aliphatic heterocycles. The van der Waals surface area contributed by atoms with Gasteiger partial charge in [0, 0.05) is 6.42 Å². The van der Waals surface area contributed by atoms with Crippen molar-refractivity contribution in [1.82, 2.24) is 0 Å². The van der Waals surface area contributed by atoms with Gasteiger partial charge in [0.15, 0.2) is 5.25 Å². The Bertz CT molecular complexity index is 618. The first kappa shape index (κ1) is 29.9. The quantitative estimate of drug-likeness (QED) is 0.267. The summed E-state index contributed by atoms with van der Waals surface area (Å²) < 4.78 is 44.2. The van der Waals surface area contributed by atoms with Crippen LogP contribution < -0.4 is 0 Å². The van der Waals surface area contributed by atoms with Crippen LogP contribution >= 0.6 is 0 Å². The molecule has 0 aromatic heterocycles. The fourth-order valence-electron chi connectivity index (χ4n) is 3.61. The van der Waals surface area contributed by atoms with Crippen molar-refractivity contribution in [2.45, 2.75) is 111 Å². The number of rotatable bonds is 15. The molecular weight excluding hydrogens is 420 g/mol. The first-order valence-electron chi connectivity index (χ1n) is 11.5. The minimum atomic E-state index is -4.71. The van der Waals surface area contributed by atoms with Gasteiger partial charge in [-0.1, -0.05) is 55.4 Å². The summed E-state index contributed by atoms with van der Waals surface area (Å²) >= 11 is 0. The molecule has 0 bridgehead atoms. The van der Waals surface area contributed by atoms with E-state index in [-0.39, 0.29) is 30.8 Å². The SMILES string of the molecule is CC(C)CC(CC(C)C)OC(=O)CCC(C(=O)OC(CC(C)C)CC(C)C)S(=O)(=O)O. The van der Waals surface area contributed by atoms with Crippen LogP contribution in [0.15, 0.2) is 0 Å². The zero-order chi connectivity index (χ0) is 24.4. The molecule has 0 heterocycles. The molecule has 0 aromatic rings. The molecule has 1 N–H and O–H groups in total. The summed E-state index contributed by atoms with van der Waals surface area (Å²) in [6.45, 7) is 16.1. The highest BCUT2D eigenvalue weighted by molar-refractivity contribution is 7.87. The van der Waals surface area contributed by atoms with Gasteiger partial charge in [-0.15, -0.1) is 0 Å². The van der Waals surface area contributed by atoms with Crippen molar-refractivity contribution in [3.63, 3.8) is 0 Å². The fraction of sp³-hybridized carbons (Fsp3) is 0.913. The summed E-state index contributed by atoms with van der Waals surface area (Å²) in [6, 6.07) is 0. The fourth-order valence-corrected chi connectivity index (χ4v) is 4.32. The first-order valence-corrected chi connectivity index (χ1v) is 13.0. The van der Waals surface area contributed by atoms with E-state index in [1.807, 2.05) is 55.4 Å². The Labute approximate surface area is 189 Å². The lowest BCUT2D eigenvalue weighted by molar-refractivity contribution is -0.152. The van der Waals surface area contributed by atoms with Gasteiger partial charge in [-0.2, -0.15) is 8.42 Å². The third kappa shape index (κ3) is 14.5. The molecule has 8 heteroatoms. The van der Waals surface area contributed by atoms with Crippen LogP contribution in [0.3, 0.4) is 0 Å². The molecule has 0 rings (SSSR count). The molecule has 0 fully saturated rings. The van der Waals surface area contributed by atoms with E-state index in [0.29, 0.717) is 37.5 Å². The Morgan fingerprint density at radius 3 is 1.39 bits per heavy atom. The van der Waals surface area contributed by atoms with Crippen LogP contribution in [-0.4, -0.2) is 42.4 Å². The summed E-state index contributed by atoms with van der Waals surface area (Å²) in [6.07, 6.45) is 1.25. The molecule has 7 nitrogen and oxygen atoms in total. The zero-order valence-electron chi connectivity index (χ0n) is 20.6. The summed E-state index contributed by atoms with van der Waals surface area (Å²) in [5.74, 6) is -0.382. The third-order valence-electron chi connectivity index (χ3n) is 4.75. The average molecular weight is 465 g/mol. The Morgan fingerprint density at radius 1 is 0.710 bits per heavy atom. The standard InChI is InChI=1S/C23H44O7S/c1-15(2)11-19(12-16(3)4)29-22(24)10-9-21(31(26,27)28)23(25)30-20(13-17(5)6)14-18(7)8/h15-21H,9-14H2,1-8H3,(H,26,27,28). The number of esters is 2. The Balaban J connectivity index is 5.13. The summed E-state index contributed by atoms with van der Waals surface area (Å²) in [5.41, 5.74) is 0. The van der Waals surface area contributed by atoms with Gasteiger partial charge in [-0.3, -0.25) is 14.1 Å². The molecule has 0 saturated heterocycles. The second kappa shape index (κ2) is 14.1. The van der Waals surface area contributed by atoms with Gasteiger partial charge in [-0.25, -0.2) is 0 Å². The van der Waals surface area contributed by atoms with E-state index in [0.717, 1.165) is 0 Å². The van der Waals surface area contributed by atoms with Gasteiger partial charge in [0.1, 0.15) is 12.2 Å². The van der Waals surface area contributed by atoms with E-state index in [1.165, 1.54) is 0 Å². The van der Waals surface area contributed by atoms with E-state index in [2.05, 4.69) is 0 Å². The second-order valence-electron chi connectivity index (χ2n) is 10.2. The summed E-state index contributed by atoms with van der Waals surface area (Å²) in [7, 11) is -4.71. The van der Waals surface area contributed by atoms with Gasteiger partial charge in [0.05, 0.1) is 0 Å². The molecule has 0 radical (unpaired) electrons. The maximum Gasteiger partial charge on any atom is 0.327 e. The molecule has 0 aliphatic rings. The van der Waals surface area contributed by atoms with Crippen LogP contribution in [0.1, 0.15) is 93.9 Å². The number of carbonyl (C=O) groups is 2. The second-order valence-corrected chi connectivity index (χ2v) is 11.8. The number of hydrogen-bond donors (Lipinski definition) is 1. The number of ether oxygens (including phenoxy) is 2. The lowest BCUT2D eigenvalue weighted by Crippen LogP contribution is -2.36. The average Bonchev–Trinajstić information content (AvgIpc) is 2.50. The molecule has 31 heavy (non-hydrogen) atoms. The van der Waals surface area contributed by atoms with Gasteiger partial charge >= 0.3 is 11.9 Å². The molecule has 0 spiro atoms. The lowest BCUT2D eigenvalue weighted by Gasteiger charge is -2.24. The van der Waals surface area contributed by atoms with Crippen molar-refractivity contribution < 1.29 is 32.0 Å². The van der Waals surface area contributed by atoms with Crippen LogP contribution in [0.2, 0.25) is 0 Å². The van der Waals surface area contributed by atoms with Gasteiger partial charge in [0.2, 0.25) is 0 Å². The topological polar surface area (TPSA) is 107 Å². The molecule has 1 atom stereocenters. The first-order chi connectivity index (χ1) is 14.1. The highest BCUT2D eigenvalue weighted by atomic mass is 32.2.